The molecule has 0 saturated heterocycles. The number of aryl methyl sites for hydroxylation is 1. The van der Waals surface area contributed by atoms with E-state index in [2.05, 4.69) is 29.3 Å². The molecule has 4 aromatic rings. The largest absolute Gasteiger partial charge is 0.497 e. The van der Waals surface area contributed by atoms with Crippen molar-refractivity contribution >= 4 is 17.7 Å². The minimum Gasteiger partial charge on any atom is -0.497 e. The third-order valence-electron chi connectivity index (χ3n) is 5.26. The van der Waals surface area contributed by atoms with Crippen molar-refractivity contribution in [1.29, 1.82) is 0 Å². The molecule has 0 N–H and O–H groups in total. The lowest BCUT2D eigenvalue weighted by Crippen LogP contribution is -2.27. The molecule has 0 aliphatic carbocycles. The van der Waals surface area contributed by atoms with Crippen LogP contribution in [-0.4, -0.2) is 46.8 Å². The van der Waals surface area contributed by atoms with Gasteiger partial charge in [0.2, 0.25) is 5.91 Å². The van der Waals surface area contributed by atoms with Crippen LogP contribution in [0.1, 0.15) is 16.4 Å². The Bertz CT molecular complexity index is 1220. The van der Waals surface area contributed by atoms with Gasteiger partial charge in [-0.2, -0.15) is 0 Å². The van der Waals surface area contributed by atoms with Crippen LogP contribution in [0.2, 0.25) is 0 Å². The summed E-state index contributed by atoms with van der Waals surface area (Å²) in [5.41, 5.74) is 3.93. The van der Waals surface area contributed by atoms with Crippen LogP contribution in [0.15, 0.2) is 84.0 Å². The molecule has 0 aliphatic rings. The third kappa shape index (κ3) is 4.93. The van der Waals surface area contributed by atoms with Crippen LogP contribution in [0, 0.1) is 6.92 Å². The summed E-state index contributed by atoms with van der Waals surface area (Å²) in [7, 11) is 5.18. The number of carbonyl (C=O) groups is 1. The summed E-state index contributed by atoms with van der Waals surface area (Å²) in [5.74, 6) is 1.47. The predicted octanol–water partition coefficient (Wildman–Crippen LogP) is 5.17. The van der Waals surface area contributed by atoms with E-state index in [-0.39, 0.29) is 5.91 Å². The van der Waals surface area contributed by atoms with Gasteiger partial charge in [0.1, 0.15) is 11.0 Å². The van der Waals surface area contributed by atoms with Gasteiger partial charge in [0.05, 0.1) is 7.11 Å². The number of hydrogen-bond acceptors (Lipinski definition) is 5. The quantitative estimate of drug-likeness (QED) is 0.358. The van der Waals surface area contributed by atoms with Crippen molar-refractivity contribution in [3.05, 3.63) is 90.0 Å². The van der Waals surface area contributed by atoms with Crippen molar-refractivity contribution in [1.82, 2.24) is 19.7 Å². The molecule has 0 aliphatic heterocycles. The van der Waals surface area contributed by atoms with Crippen LogP contribution < -0.4 is 4.74 Å². The molecule has 0 spiro atoms. The maximum Gasteiger partial charge on any atom is 0.240 e. The van der Waals surface area contributed by atoms with Crippen LogP contribution >= 0.6 is 11.8 Å². The molecule has 0 fully saturated rings. The van der Waals surface area contributed by atoms with Gasteiger partial charge in [-0.25, -0.2) is 0 Å². The van der Waals surface area contributed by atoms with Crippen molar-refractivity contribution < 1.29 is 9.53 Å². The van der Waals surface area contributed by atoms with Crippen molar-refractivity contribution in [2.75, 3.05) is 21.2 Å². The lowest BCUT2D eigenvalue weighted by atomic mass is 10.1. The number of carbonyl (C=O) groups excluding carboxylic acids is 1. The molecule has 4 rings (SSSR count). The Labute approximate surface area is 198 Å². The van der Waals surface area contributed by atoms with Gasteiger partial charge in [-0.3, -0.25) is 9.36 Å². The van der Waals surface area contributed by atoms with E-state index in [0.717, 1.165) is 28.1 Å². The molecule has 1 unspecified atom stereocenters. The van der Waals surface area contributed by atoms with E-state index >= 15 is 0 Å². The number of benzene rings is 3. The highest BCUT2D eigenvalue weighted by molar-refractivity contribution is 8.00. The van der Waals surface area contributed by atoms with E-state index in [0.29, 0.717) is 11.0 Å². The monoisotopic (exact) mass is 458 g/mol. The highest BCUT2D eigenvalue weighted by Gasteiger charge is 2.27. The van der Waals surface area contributed by atoms with Gasteiger partial charge < -0.3 is 9.64 Å². The normalized spacial score (nSPS) is 11.8. The molecule has 1 amide bonds. The average molecular weight is 459 g/mol. The van der Waals surface area contributed by atoms with Gasteiger partial charge in [-0.1, -0.05) is 59.8 Å². The number of aromatic nitrogens is 3. The molecule has 1 atom stereocenters. The van der Waals surface area contributed by atoms with E-state index in [1.54, 1.807) is 26.1 Å². The summed E-state index contributed by atoms with van der Waals surface area (Å²) in [6.45, 7) is 2.05. The van der Waals surface area contributed by atoms with Crippen molar-refractivity contribution in [3.8, 4) is 22.8 Å². The van der Waals surface area contributed by atoms with Crippen LogP contribution in [0.25, 0.3) is 17.1 Å². The maximum absolute atomic E-state index is 13.1. The Kier molecular flexibility index (Phi) is 6.79. The summed E-state index contributed by atoms with van der Waals surface area (Å²) in [6, 6.07) is 25.7. The molecule has 1 heterocycles. The molecule has 0 radical (unpaired) electrons. The summed E-state index contributed by atoms with van der Waals surface area (Å²) < 4.78 is 7.30. The summed E-state index contributed by atoms with van der Waals surface area (Å²) in [4.78, 5) is 14.7. The standard InChI is InChI=1S/C26H26N4O2S/c1-18-10-14-21(15-11-18)30-24(20-12-16-22(32-4)17-13-20)27-28-26(30)33-23(25(31)29(2)3)19-8-6-5-7-9-19/h5-17,23H,1-4H3. The first-order chi connectivity index (χ1) is 16.0. The number of nitrogens with zero attached hydrogens (tertiary/aromatic N) is 4. The number of thioether (sulfide) groups is 1. The molecule has 168 valence electrons. The highest BCUT2D eigenvalue weighted by Crippen LogP contribution is 2.38. The number of rotatable bonds is 7. The van der Waals surface area contributed by atoms with Crippen molar-refractivity contribution in [2.45, 2.75) is 17.3 Å². The minimum absolute atomic E-state index is 0.00402. The van der Waals surface area contributed by atoms with Gasteiger partial charge in [-0.05, 0) is 48.9 Å². The second-order valence-electron chi connectivity index (χ2n) is 7.85. The predicted molar refractivity (Wildman–Crippen MR) is 132 cm³/mol. The maximum atomic E-state index is 13.1. The second kappa shape index (κ2) is 9.92. The fourth-order valence-electron chi connectivity index (χ4n) is 3.43. The summed E-state index contributed by atoms with van der Waals surface area (Å²) in [6.07, 6.45) is 0. The minimum atomic E-state index is -0.446. The van der Waals surface area contributed by atoms with Crippen molar-refractivity contribution in [2.24, 2.45) is 0 Å². The Morgan fingerprint density at radius 1 is 0.939 bits per heavy atom. The van der Waals surface area contributed by atoms with E-state index in [9.17, 15) is 4.79 Å². The third-order valence-corrected chi connectivity index (χ3v) is 6.45. The zero-order valence-corrected chi connectivity index (χ0v) is 19.9. The molecule has 7 heteroatoms. The zero-order valence-electron chi connectivity index (χ0n) is 19.1. The first-order valence-electron chi connectivity index (χ1n) is 10.6. The second-order valence-corrected chi connectivity index (χ2v) is 8.92. The molecule has 1 aromatic heterocycles. The van der Waals surface area contributed by atoms with Crippen LogP contribution in [0.5, 0.6) is 5.75 Å². The molecule has 0 saturated carbocycles. The molecule has 6 nitrogen and oxygen atoms in total. The van der Waals surface area contributed by atoms with E-state index in [4.69, 9.17) is 4.74 Å². The number of amides is 1. The van der Waals surface area contributed by atoms with Crippen LogP contribution in [0.3, 0.4) is 0 Å². The Morgan fingerprint density at radius 2 is 1.61 bits per heavy atom. The van der Waals surface area contributed by atoms with Gasteiger partial charge in [-0.15, -0.1) is 10.2 Å². The molecule has 33 heavy (non-hydrogen) atoms. The zero-order chi connectivity index (χ0) is 23.4. The number of hydrogen-bond donors (Lipinski definition) is 0. The first kappa shape index (κ1) is 22.6. The fourth-order valence-corrected chi connectivity index (χ4v) is 4.63. The molecule has 0 bridgehead atoms. The molecular weight excluding hydrogens is 432 g/mol. The summed E-state index contributed by atoms with van der Waals surface area (Å²) >= 11 is 1.40. The lowest BCUT2D eigenvalue weighted by molar-refractivity contribution is -0.128. The fraction of sp³-hybridized carbons (Fsp3) is 0.192. The number of ether oxygens (including phenoxy) is 1. The Hall–Kier alpha value is -3.58. The Morgan fingerprint density at radius 3 is 2.21 bits per heavy atom. The SMILES string of the molecule is COc1ccc(-c2nnc(SC(C(=O)N(C)C)c3ccccc3)n2-c2ccc(C)cc2)cc1. The van der Waals surface area contributed by atoms with Gasteiger partial charge >= 0.3 is 0 Å². The smallest absolute Gasteiger partial charge is 0.240 e. The van der Waals surface area contributed by atoms with Gasteiger partial charge in [0.15, 0.2) is 11.0 Å². The van der Waals surface area contributed by atoms with Gasteiger partial charge in [0.25, 0.3) is 0 Å². The highest BCUT2D eigenvalue weighted by atomic mass is 32.2. The summed E-state index contributed by atoms with van der Waals surface area (Å²) in [5, 5.41) is 9.23. The lowest BCUT2D eigenvalue weighted by Gasteiger charge is -2.20. The number of likely N-dealkylation sites (N-methyl/N-ethyl adjacent to an activating group) is 1. The van der Waals surface area contributed by atoms with Crippen LogP contribution in [0.4, 0.5) is 0 Å². The van der Waals surface area contributed by atoms with E-state index < -0.39 is 5.25 Å². The van der Waals surface area contributed by atoms with Crippen molar-refractivity contribution in [3.63, 3.8) is 0 Å². The van der Waals surface area contributed by atoms with Crippen LogP contribution in [-0.2, 0) is 4.79 Å². The Balaban J connectivity index is 1.82. The molecule has 3 aromatic carbocycles. The van der Waals surface area contributed by atoms with E-state index in [1.807, 2.05) is 71.3 Å². The average Bonchev–Trinajstić information content (AvgIpc) is 3.26. The first-order valence-corrected chi connectivity index (χ1v) is 11.5. The molecular formula is C26H26N4O2S. The topological polar surface area (TPSA) is 60.3 Å². The van der Waals surface area contributed by atoms with Gasteiger partial charge in [0, 0.05) is 25.3 Å². The van der Waals surface area contributed by atoms with E-state index in [1.165, 1.54) is 11.8 Å². The number of methoxy groups -OCH3 is 1.